The molecule has 1 unspecified atom stereocenters. The first kappa shape index (κ1) is 22.1. The van der Waals surface area contributed by atoms with Crippen molar-refractivity contribution in [2.75, 3.05) is 14.2 Å². The molecule has 1 N–H and O–H groups in total. The number of carbonyl (C=O) groups excluding carboxylic acids is 2. The molecule has 2 amide bonds. The smallest absolute Gasteiger partial charge is 0.242 e. The summed E-state index contributed by atoms with van der Waals surface area (Å²) >= 11 is 12.3. The SMILES string of the molecule is CCC(C(=O)NC)N(Cc1ccc(Cl)cc1Cl)C(=O)Cc1ccc(OC)cc1. The van der Waals surface area contributed by atoms with Gasteiger partial charge in [0.05, 0.1) is 13.5 Å². The fraction of sp³-hybridized carbons (Fsp3) is 0.333. The average Bonchev–Trinajstić information content (AvgIpc) is 2.69. The van der Waals surface area contributed by atoms with Crippen molar-refractivity contribution >= 4 is 35.0 Å². The minimum Gasteiger partial charge on any atom is -0.497 e. The van der Waals surface area contributed by atoms with Crippen molar-refractivity contribution in [1.29, 1.82) is 0 Å². The van der Waals surface area contributed by atoms with Gasteiger partial charge in [-0.2, -0.15) is 0 Å². The molecule has 0 fully saturated rings. The van der Waals surface area contributed by atoms with E-state index in [2.05, 4.69) is 5.32 Å². The second-order valence-electron chi connectivity index (χ2n) is 6.32. The van der Waals surface area contributed by atoms with E-state index in [0.29, 0.717) is 16.5 Å². The highest BCUT2D eigenvalue weighted by molar-refractivity contribution is 6.35. The quantitative estimate of drug-likeness (QED) is 0.696. The molecule has 0 saturated carbocycles. The Kier molecular flexibility index (Phi) is 8.15. The molecule has 150 valence electrons. The molecular formula is C21H24Cl2N2O3. The molecule has 5 nitrogen and oxygen atoms in total. The van der Waals surface area contributed by atoms with Gasteiger partial charge in [-0.15, -0.1) is 0 Å². The summed E-state index contributed by atoms with van der Waals surface area (Å²) in [7, 11) is 3.15. The number of hydrogen-bond donors (Lipinski definition) is 1. The zero-order chi connectivity index (χ0) is 20.7. The molecule has 0 aliphatic heterocycles. The third-order valence-electron chi connectivity index (χ3n) is 4.50. The van der Waals surface area contributed by atoms with Crippen LogP contribution in [0.3, 0.4) is 0 Å². The van der Waals surface area contributed by atoms with Crippen molar-refractivity contribution in [3.8, 4) is 5.75 Å². The molecule has 0 spiro atoms. The Labute approximate surface area is 175 Å². The van der Waals surface area contributed by atoms with E-state index in [-0.39, 0.29) is 24.8 Å². The first-order chi connectivity index (χ1) is 13.4. The van der Waals surface area contributed by atoms with Gasteiger partial charge in [0, 0.05) is 23.6 Å². The van der Waals surface area contributed by atoms with Crippen LogP contribution < -0.4 is 10.1 Å². The van der Waals surface area contributed by atoms with Crippen molar-refractivity contribution < 1.29 is 14.3 Å². The van der Waals surface area contributed by atoms with Crippen LogP contribution in [0, 0.1) is 0 Å². The Morgan fingerprint density at radius 2 is 1.82 bits per heavy atom. The van der Waals surface area contributed by atoms with Crippen molar-refractivity contribution in [2.24, 2.45) is 0 Å². The van der Waals surface area contributed by atoms with Gasteiger partial charge in [-0.1, -0.05) is 48.3 Å². The lowest BCUT2D eigenvalue weighted by atomic mass is 10.1. The van der Waals surface area contributed by atoms with Crippen molar-refractivity contribution in [1.82, 2.24) is 10.2 Å². The first-order valence-electron chi connectivity index (χ1n) is 8.97. The molecule has 0 heterocycles. The van der Waals surface area contributed by atoms with Gasteiger partial charge < -0.3 is 15.0 Å². The molecule has 2 aromatic rings. The molecule has 0 radical (unpaired) electrons. The number of halogens is 2. The Hall–Kier alpha value is -2.24. The maximum Gasteiger partial charge on any atom is 0.242 e. The third kappa shape index (κ3) is 5.63. The molecule has 2 aromatic carbocycles. The fourth-order valence-corrected chi connectivity index (χ4v) is 3.41. The second kappa shape index (κ2) is 10.3. The number of methoxy groups -OCH3 is 1. The maximum absolute atomic E-state index is 13.1. The van der Waals surface area contributed by atoms with Crippen LogP contribution in [-0.4, -0.2) is 36.9 Å². The minimum absolute atomic E-state index is 0.161. The summed E-state index contributed by atoms with van der Waals surface area (Å²) in [5, 5.41) is 3.61. The van der Waals surface area contributed by atoms with Gasteiger partial charge in [0.2, 0.25) is 11.8 Å². The number of carbonyl (C=O) groups is 2. The van der Waals surface area contributed by atoms with Crippen LogP contribution in [0.2, 0.25) is 10.0 Å². The Morgan fingerprint density at radius 1 is 1.14 bits per heavy atom. The van der Waals surface area contributed by atoms with Crippen molar-refractivity contribution in [3.63, 3.8) is 0 Å². The highest BCUT2D eigenvalue weighted by Crippen LogP contribution is 2.24. The molecule has 1 atom stereocenters. The van der Waals surface area contributed by atoms with Crippen LogP contribution >= 0.6 is 23.2 Å². The van der Waals surface area contributed by atoms with Gasteiger partial charge in [0.25, 0.3) is 0 Å². The molecule has 2 rings (SSSR count). The predicted octanol–water partition coefficient (Wildman–Crippen LogP) is 4.10. The molecule has 0 aliphatic rings. The summed E-state index contributed by atoms with van der Waals surface area (Å²) in [5.41, 5.74) is 1.57. The van der Waals surface area contributed by atoms with Gasteiger partial charge in [-0.3, -0.25) is 9.59 Å². The highest BCUT2D eigenvalue weighted by atomic mass is 35.5. The summed E-state index contributed by atoms with van der Waals surface area (Å²) in [6, 6.07) is 11.8. The lowest BCUT2D eigenvalue weighted by Crippen LogP contribution is -2.48. The van der Waals surface area contributed by atoms with Gasteiger partial charge in [0.15, 0.2) is 0 Å². The lowest BCUT2D eigenvalue weighted by molar-refractivity contribution is -0.140. The number of ether oxygens (including phenoxy) is 1. The normalized spacial score (nSPS) is 11.6. The molecule has 7 heteroatoms. The number of benzene rings is 2. The molecule has 0 aliphatic carbocycles. The number of amides is 2. The van der Waals surface area contributed by atoms with Gasteiger partial charge in [-0.25, -0.2) is 0 Å². The monoisotopic (exact) mass is 422 g/mol. The molecule has 0 saturated heterocycles. The number of nitrogens with one attached hydrogen (secondary N) is 1. The summed E-state index contributed by atoms with van der Waals surface area (Å²) in [6.07, 6.45) is 0.655. The summed E-state index contributed by atoms with van der Waals surface area (Å²) < 4.78 is 5.15. The topological polar surface area (TPSA) is 58.6 Å². The first-order valence-corrected chi connectivity index (χ1v) is 9.73. The van der Waals surface area contributed by atoms with Gasteiger partial charge >= 0.3 is 0 Å². The predicted molar refractivity (Wildman–Crippen MR) is 112 cm³/mol. The molecular weight excluding hydrogens is 399 g/mol. The lowest BCUT2D eigenvalue weighted by Gasteiger charge is -2.30. The van der Waals surface area contributed by atoms with Gasteiger partial charge in [-0.05, 0) is 41.8 Å². The molecule has 0 bridgehead atoms. The summed E-state index contributed by atoms with van der Waals surface area (Å²) in [5.74, 6) is 0.347. The second-order valence-corrected chi connectivity index (χ2v) is 7.16. The van der Waals surface area contributed by atoms with Crippen LogP contribution in [0.15, 0.2) is 42.5 Å². The van der Waals surface area contributed by atoms with E-state index in [1.807, 2.05) is 19.1 Å². The van der Waals surface area contributed by atoms with Crippen LogP contribution in [0.25, 0.3) is 0 Å². The van der Waals surface area contributed by atoms with E-state index >= 15 is 0 Å². The number of rotatable bonds is 8. The molecule has 0 aromatic heterocycles. The highest BCUT2D eigenvalue weighted by Gasteiger charge is 2.28. The zero-order valence-electron chi connectivity index (χ0n) is 16.2. The standard InChI is InChI=1S/C21H24Cl2N2O3/c1-4-19(21(27)24-2)25(13-15-7-8-16(22)12-18(15)23)20(26)11-14-5-9-17(28-3)10-6-14/h5-10,12,19H,4,11,13H2,1-3H3,(H,24,27). The van der Waals surface area contributed by atoms with Crippen molar-refractivity contribution in [3.05, 3.63) is 63.6 Å². The number of nitrogens with zero attached hydrogens (tertiary/aromatic N) is 1. The van der Waals surface area contributed by atoms with Crippen LogP contribution in [-0.2, 0) is 22.6 Å². The van der Waals surface area contributed by atoms with Crippen LogP contribution in [0.4, 0.5) is 0 Å². The largest absolute Gasteiger partial charge is 0.497 e. The summed E-state index contributed by atoms with van der Waals surface area (Å²) in [4.78, 5) is 27.1. The average molecular weight is 423 g/mol. The number of likely N-dealkylation sites (N-methyl/N-ethyl adjacent to an activating group) is 1. The molecule has 28 heavy (non-hydrogen) atoms. The Bertz CT molecular complexity index is 825. The van der Waals surface area contributed by atoms with E-state index in [0.717, 1.165) is 16.9 Å². The fourth-order valence-electron chi connectivity index (χ4n) is 2.94. The minimum atomic E-state index is -0.595. The summed E-state index contributed by atoms with van der Waals surface area (Å²) in [6.45, 7) is 2.09. The zero-order valence-corrected chi connectivity index (χ0v) is 17.7. The maximum atomic E-state index is 13.1. The van der Waals surface area contributed by atoms with E-state index in [1.54, 1.807) is 49.4 Å². The number of hydrogen-bond acceptors (Lipinski definition) is 3. The van der Waals surface area contributed by atoms with Gasteiger partial charge in [0.1, 0.15) is 11.8 Å². The van der Waals surface area contributed by atoms with E-state index < -0.39 is 6.04 Å². The van der Waals surface area contributed by atoms with E-state index in [1.165, 1.54) is 0 Å². The third-order valence-corrected chi connectivity index (χ3v) is 5.09. The van der Waals surface area contributed by atoms with Crippen LogP contribution in [0.5, 0.6) is 5.75 Å². The Balaban J connectivity index is 2.29. The van der Waals surface area contributed by atoms with E-state index in [9.17, 15) is 9.59 Å². The van der Waals surface area contributed by atoms with E-state index in [4.69, 9.17) is 27.9 Å². The van der Waals surface area contributed by atoms with Crippen LogP contribution in [0.1, 0.15) is 24.5 Å². The van der Waals surface area contributed by atoms with Crippen molar-refractivity contribution in [2.45, 2.75) is 32.4 Å². The Morgan fingerprint density at radius 3 is 2.36 bits per heavy atom.